The van der Waals surface area contributed by atoms with Gasteiger partial charge in [-0.05, 0) is 125 Å². The lowest BCUT2D eigenvalue weighted by atomic mass is 10.2. The minimum Gasteiger partial charge on any atom is -0.492 e. The average Bonchev–Trinajstić information content (AvgIpc) is 3.74. The minimum atomic E-state index is 0.494. The van der Waals surface area contributed by atoms with Gasteiger partial charge in [0.25, 0.3) is 0 Å². The van der Waals surface area contributed by atoms with Gasteiger partial charge in [-0.15, -0.1) is 0 Å². The Kier molecular flexibility index (Phi) is 10.7. The van der Waals surface area contributed by atoms with E-state index < -0.39 is 0 Å². The van der Waals surface area contributed by atoms with Gasteiger partial charge >= 0.3 is 0 Å². The number of rotatable bonds is 10. The molecule has 42 heavy (non-hydrogen) atoms. The molecule has 6 nitrogen and oxygen atoms in total. The molecular formula is C36H42N2O4. The normalized spacial score (nSPS) is 17.7. The topological polar surface area (TPSA) is 61.0 Å². The first-order valence-corrected chi connectivity index (χ1v) is 15.0. The Morgan fingerprint density at radius 1 is 0.476 bits per heavy atom. The summed E-state index contributed by atoms with van der Waals surface area (Å²) in [7, 11) is 0. The summed E-state index contributed by atoms with van der Waals surface area (Å²) in [5.41, 5.74) is 2.46. The molecule has 0 spiro atoms. The fourth-order valence-corrected chi connectivity index (χ4v) is 4.88. The van der Waals surface area contributed by atoms with Crippen molar-refractivity contribution in [2.45, 2.75) is 51.6 Å². The fourth-order valence-electron chi connectivity index (χ4n) is 4.88. The highest BCUT2D eigenvalue weighted by Gasteiger charge is 2.15. The molecule has 6 heteroatoms. The number of nitrogens with one attached hydrogen (secondary N) is 2. The van der Waals surface area contributed by atoms with Gasteiger partial charge in [-0.1, -0.05) is 35.4 Å². The zero-order valence-electron chi connectivity index (χ0n) is 24.7. The van der Waals surface area contributed by atoms with Gasteiger partial charge in [0, 0.05) is 12.1 Å². The highest BCUT2D eigenvalue weighted by molar-refractivity contribution is 5.37. The number of hydrogen-bond acceptors (Lipinski definition) is 6. The van der Waals surface area contributed by atoms with Gasteiger partial charge in [-0.3, -0.25) is 0 Å². The standard InChI is InChI=1S/2C18H21NO2/c2*1-14-4-6-17(7-5-14)21-18-10-8-16(9-11-18)20-13-15-3-2-12-19-15/h2*4-11,15,19H,2-3,12-13H2,1H3/t2*15-/m00/s1. The van der Waals surface area contributed by atoms with Gasteiger partial charge in [0.05, 0.1) is 0 Å². The highest BCUT2D eigenvalue weighted by atomic mass is 16.5. The lowest BCUT2D eigenvalue weighted by Crippen LogP contribution is -2.28. The van der Waals surface area contributed by atoms with Gasteiger partial charge in [0.15, 0.2) is 0 Å². The van der Waals surface area contributed by atoms with E-state index in [0.29, 0.717) is 12.1 Å². The summed E-state index contributed by atoms with van der Waals surface area (Å²) in [4.78, 5) is 0. The number of benzene rings is 4. The van der Waals surface area contributed by atoms with E-state index in [1.54, 1.807) is 0 Å². The molecule has 4 aromatic rings. The maximum Gasteiger partial charge on any atom is 0.127 e. The van der Waals surface area contributed by atoms with Crippen LogP contribution in [0.15, 0.2) is 97.1 Å². The number of ether oxygens (including phenoxy) is 4. The largest absolute Gasteiger partial charge is 0.492 e. The van der Waals surface area contributed by atoms with Crippen LogP contribution in [-0.2, 0) is 0 Å². The van der Waals surface area contributed by atoms with Crippen molar-refractivity contribution in [3.05, 3.63) is 108 Å². The molecule has 2 aliphatic rings. The summed E-state index contributed by atoms with van der Waals surface area (Å²) in [6, 6.07) is 32.7. The van der Waals surface area contributed by atoms with Crippen LogP contribution in [0.25, 0.3) is 0 Å². The van der Waals surface area contributed by atoms with Crippen molar-refractivity contribution in [1.29, 1.82) is 0 Å². The van der Waals surface area contributed by atoms with Crippen LogP contribution >= 0.6 is 0 Å². The fraction of sp³-hybridized carbons (Fsp3) is 0.333. The maximum atomic E-state index is 5.80. The predicted molar refractivity (Wildman–Crippen MR) is 168 cm³/mol. The molecule has 0 aromatic heterocycles. The third kappa shape index (κ3) is 9.54. The molecule has 0 amide bonds. The lowest BCUT2D eigenvalue weighted by Gasteiger charge is -2.12. The summed E-state index contributed by atoms with van der Waals surface area (Å²) in [5.74, 6) is 5.13. The second-order valence-corrected chi connectivity index (χ2v) is 11.0. The molecule has 0 saturated carbocycles. The summed E-state index contributed by atoms with van der Waals surface area (Å²) >= 11 is 0. The monoisotopic (exact) mass is 566 g/mol. The predicted octanol–water partition coefficient (Wildman–Crippen LogP) is 7.84. The molecule has 2 fully saturated rings. The molecule has 220 valence electrons. The third-order valence-electron chi connectivity index (χ3n) is 7.39. The number of hydrogen-bond donors (Lipinski definition) is 2. The molecule has 0 aliphatic carbocycles. The molecule has 2 aliphatic heterocycles. The summed E-state index contributed by atoms with van der Waals surface area (Å²) < 4.78 is 23.2. The van der Waals surface area contributed by atoms with Crippen LogP contribution in [0.4, 0.5) is 0 Å². The Labute approximate surface area is 250 Å². The second-order valence-electron chi connectivity index (χ2n) is 11.0. The van der Waals surface area contributed by atoms with Crippen molar-refractivity contribution < 1.29 is 18.9 Å². The zero-order chi connectivity index (χ0) is 29.0. The van der Waals surface area contributed by atoms with Crippen molar-refractivity contribution >= 4 is 0 Å². The third-order valence-corrected chi connectivity index (χ3v) is 7.39. The molecule has 0 radical (unpaired) electrons. The van der Waals surface area contributed by atoms with Gasteiger partial charge in [-0.25, -0.2) is 0 Å². The van der Waals surface area contributed by atoms with Crippen LogP contribution in [0.2, 0.25) is 0 Å². The average molecular weight is 567 g/mol. The molecule has 2 heterocycles. The van der Waals surface area contributed by atoms with Gasteiger partial charge in [0.2, 0.25) is 0 Å². The zero-order valence-corrected chi connectivity index (χ0v) is 24.7. The maximum absolute atomic E-state index is 5.80. The molecule has 0 unspecified atom stereocenters. The van der Waals surface area contributed by atoms with Crippen LogP contribution in [0.3, 0.4) is 0 Å². The Bertz CT molecular complexity index is 1220. The van der Waals surface area contributed by atoms with E-state index in [1.807, 2.05) is 97.1 Å². The Hall–Kier alpha value is -4.00. The van der Waals surface area contributed by atoms with E-state index in [1.165, 1.54) is 36.8 Å². The van der Waals surface area contributed by atoms with E-state index in [2.05, 4.69) is 24.5 Å². The van der Waals surface area contributed by atoms with Crippen molar-refractivity contribution in [3.8, 4) is 34.5 Å². The van der Waals surface area contributed by atoms with E-state index >= 15 is 0 Å². The molecule has 0 bridgehead atoms. The Balaban J connectivity index is 0.000000168. The van der Waals surface area contributed by atoms with E-state index in [9.17, 15) is 0 Å². The minimum absolute atomic E-state index is 0.494. The van der Waals surface area contributed by atoms with E-state index in [4.69, 9.17) is 18.9 Å². The molecule has 6 rings (SSSR count). The van der Waals surface area contributed by atoms with Crippen molar-refractivity contribution in [2.75, 3.05) is 26.3 Å². The van der Waals surface area contributed by atoms with Crippen molar-refractivity contribution in [1.82, 2.24) is 10.6 Å². The smallest absolute Gasteiger partial charge is 0.127 e. The van der Waals surface area contributed by atoms with Gasteiger partial charge in [0.1, 0.15) is 47.7 Å². The van der Waals surface area contributed by atoms with Crippen LogP contribution in [-0.4, -0.2) is 38.4 Å². The number of aryl methyl sites for hydroxylation is 2. The molecule has 4 aromatic carbocycles. The highest BCUT2D eigenvalue weighted by Crippen LogP contribution is 2.25. The summed E-state index contributed by atoms with van der Waals surface area (Å²) in [5, 5.41) is 6.85. The summed E-state index contributed by atoms with van der Waals surface area (Å²) in [6.45, 7) is 7.81. The second kappa shape index (κ2) is 15.3. The van der Waals surface area contributed by atoms with Crippen LogP contribution < -0.4 is 29.6 Å². The van der Waals surface area contributed by atoms with Gasteiger partial charge in [-0.2, -0.15) is 0 Å². The van der Waals surface area contributed by atoms with Crippen molar-refractivity contribution in [2.24, 2.45) is 0 Å². The van der Waals surface area contributed by atoms with Crippen LogP contribution in [0, 0.1) is 13.8 Å². The van der Waals surface area contributed by atoms with E-state index in [-0.39, 0.29) is 0 Å². The van der Waals surface area contributed by atoms with E-state index in [0.717, 1.165) is 60.8 Å². The van der Waals surface area contributed by atoms with Crippen LogP contribution in [0.5, 0.6) is 34.5 Å². The first-order valence-electron chi connectivity index (χ1n) is 15.0. The first kappa shape index (κ1) is 29.5. The molecule has 2 N–H and O–H groups in total. The lowest BCUT2D eigenvalue weighted by molar-refractivity contribution is 0.277. The molecule has 2 saturated heterocycles. The Morgan fingerprint density at radius 2 is 0.786 bits per heavy atom. The quantitative estimate of drug-likeness (QED) is 0.204. The molecule has 2 atom stereocenters. The Morgan fingerprint density at radius 3 is 1.10 bits per heavy atom. The van der Waals surface area contributed by atoms with Crippen LogP contribution in [0.1, 0.15) is 36.8 Å². The van der Waals surface area contributed by atoms with Crippen molar-refractivity contribution in [3.63, 3.8) is 0 Å². The summed E-state index contributed by atoms with van der Waals surface area (Å²) in [6.07, 6.45) is 4.90. The molecular weight excluding hydrogens is 524 g/mol. The first-order chi connectivity index (χ1) is 20.6. The van der Waals surface area contributed by atoms with Gasteiger partial charge < -0.3 is 29.6 Å². The SMILES string of the molecule is Cc1ccc(Oc2ccc(OC[C@@H]3CCCN3)cc2)cc1.Cc1ccc(Oc2ccc(OC[C@@H]3CCCN3)cc2)cc1.